The molecule has 1 amide bonds. The quantitative estimate of drug-likeness (QED) is 0.259. The second-order valence-electron chi connectivity index (χ2n) is 9.66. The monoisotopic (exact) mass is 507 g/mol. The van der Waals surface area contributed by atoms with Crippen molar-refractivity contribution in [2.24, 2.45) is 0 Å². The van der Waals surface area contributed by atoms with Crippen LogP contribution in [0.3, 0.4) is 0 Å². The van der Waals surface area contributed by atoms with Crippen molar-refractivity contribution in [3.63, 3.8) is 0 Å². The van der Waals surface area contributed by atoms with E-state index >= 15 is 0 Å². The van der Waals surface area contributed by atoms with Crippen LogP contribution < -0.4 is 14.9 Å². The first kappa shape index (κ1) is 26.7. The topological polar surface area (TPSA) is 78.2 Å². The number of benzene rings is 2. The third-order valence-corrected chi connectivity index (χ3v) is 6.63. The summed E-state index contributed by atoms with van der Waals surface area (Å²) in [7, 11) is 1.60. The Bertz CT molecular complexity index is 1280. The number of ether oxygens (including phenoxy) is 3. The Balaban J connectivity index is 1.69. The van der Waals surface area contributed by atoms with E-state index in [9.17, 15) is 9.59 Å². The molecule has 198 valence electrons. The summed E-state index contributed by atoms with van der Waals surface area (Å²) in [4.78, 5) is 28.9. The molecule has 2 aromatic carbocycles. The number of fused-ring (bicyclic) bond motifs is 2. The Hall–Kier alpha value is -3.32. The Kier molecular flexibility index (Phi) is 8.87. The van der Waals surface area contributed by atoms with Gasteiger partial charge in [0.05, 0.1) is 36.8 Å². The number of amides is 1. The number of methoxy groups -OCH3 is 1. The Morgan fingerprint density at radius 3 is 2.54 bits per heavy atom. The van der Waals surface area contributed by atoms with E-state index in [0.29, 0.717) is 54.2 Å². The molecule has 0 bridgehead atoms. The molecule has 1 aromatic heterocycles. The minimum atomic E-state index is -0.588. The summed E-state index contributed by atoms with van der Waals surface area (Å²) in [6.07, 6.45) is 5.20. The highest BCUT2D eigenvalue weighted by Gasteiger charge is 2.42. The number of hydrogen-bond donors (Lipinski definition) is 0. The summed E-state index contributed by atoms with van der Waals surface area (Å²) >= 11 is 0. The van der Waals surface area contributed by atoms with Crippen LogP contribution in [0.15, 0.2) is 51.7 Å². The maximum Gasteiger partial charge on any atom is 0.290 e. The van der Waals surface area contributed by atoms with Crippen LogP contribution in [0, 0.1) is 0 Å². The highest BCUT2D eigenvalue weighted by atomic mass is 16.5. The lowest BCUT2D eigenvalue weighted by Gasteiger charge is -2.26. The zero-order valence-electron chi connectivity index (χ0n) is 22.2. The van der Waals surface area contributed by atoms with Gasteiger partial charge in [-0.25, -0.2) is 0 Å². The summed E-state index contributed by atoms with van der Waals surface area (Å²) in [6, 6.07) is 12.1. The van der Waals surface area contributed by atoms with Gasteiger partial charge in [-0.3, -0.25) is 9.59 Å². The molecule has 3 aromatic rings. The first-order chi connectivity index (χ1) is 18.0. The van der Waals surface area contributed by atoms with Crippen LogP contribution in [0.2, 0.25) is 0 Å². The number of carbonyl (C=O) groups excluding carboxylic acids is 1. The number of carbonyl (C=O) groups is 1. The van der Waals surface area contributed by atoms with Crippen LogP contribution in [-0.4, -0.2) is 43.8 Å². The van der Waals surface area contributed by atoms with E-state index in [0.717, 1.165) is 18.4 Å². The molecule has 4 rings (SSSR count). The van der Waals surface area contributed by atoms with Gasteiger partial charge in [0.25, 0.3) is 5.91 Å². The van der Waals surface area contributed by atoms with Gasteiger partial charge in [0.2, 0.25) is 5.76 Å². The third kappa shape index (κ3) is 5.82. The molecule has 1 aliphatic heterocycles. The van der Waals surface area contributed by atoms with Crippen LogP contribution in [0.1, 0.15) is 80.6 Å². The van der Waals surface area contributed by atoms with Crippen LogP contribution in [0.5, 0.6) is 11.5 Å². The molecule has 7 heteroatoms. The number of rotatable bonds is 13. The third-order valence-electron chi connectivity index (χ3n) is 6.63. The van der Waals surface area contributed by atoms with Crippen LogP contribution >= 0.6 is 0 Å². The zero-order valence-corrected chi connectivity index (χ0v) is 22.2. The molecule has 0 spiro atoms. The number of nitrogens with zero attached hydrogens (tertiary/aromatic N) is 1. The van der Waals surface area contributed by atoms with Crippen molar-refractivity contribution >= 4 is 16.9 Å². The summed E-state index contributed by atoms with van der Waals surface area (Å²) in [5.74, 6) is 1.04. The molecule has 37 heavy (non-hydrogen) atoms. The molecule has 0 fully saturated rings. The first-order valence-corrected chi connectivity index (χ1v) is 13.2. The molecule has 7 nitrogen and oxygen atoms in total. The van der Waals surface area contributed by atoms with Crippen molar-refractivity contribution in [1.29, 1.82) is 0 Å². The van der Waals surface area contributed by atoms with Gasteiger partial charge >= 0.3 is 0 Å². The van der Waals surface area contributed by atoms with Gasteiger partial charge in [-0.2, -0.15) is 0 Å². The van der Waals surface area contributed by atoms with Gasteiger partial charge in [0.15, 0.2) is 16.9 Å². The molecule has 1 unspecified atom stereocenters. The predicted octanol–water partition coefficient (Wildman–Crippen LogP) is 6.12. The van der Waals surface area contributed by atoms with Crippen LogP contribution in [-0.2, 0) is 4.74 Å². The fourth-order valence-corrected chi connectivity index (χ4v) is 4.78. The van der Waals surface area contributed by atoms with Crippen molar-refractivity contribution in [2.75, 3.05) is 26.9 Å². The number of para-hydroxylation sites is 1. The van der Waals surface area contributed by atoms with Gasteiger partial charge in [-0.15, -0.1) is 0 Å². The van der Waals surface area contributed by atoms with Crippen molar-refractivity contribution in [3.05, 3.63) is 69.6 Å². The van der Waals surface area contributed by atoms with Crippen molar-refractivity contribution in [2.45, 2.75) is 65.0 Å². The largest absolute Gasteiger partial charge is 0.493 e. The second kappa shape index (κ2) is 12.3. The average molecular weight is 508 g/mol. The van der Waals surface area contributed by atoms with Gasteiger partial charge in [0, 0.05) is 13.2 Å². The molecule has 2 heterocycles. The summed E-state index contributed by atoms with van der Waals surface area (Å²) in [5.41, 5.74) is 1.36. The normalized spacial score (nSPS) is 15.0. The zero-order chi connectivity index (χ0) is 26.4. The lowest BCUT2D eigenvalue weighted by atomic mass is 9.98. The summed E-state index contributed by atoms with van der Waals surface area (Å²) in [5, 5.41) is 0.461. The first-order valence-electron chi connectivity index (χ1n) is 13.2. The van der Waals surface area contributed by atoms with Gasteiger partial charge in [0.1, 0.15) is 5.58 Å². The smallest absolute Gasteiger partial charge is 0.290 e. The highest BCUT2D eigenvalue weighted by Crippen LogP contribution is 2.41. The highest BCUT2D eigenvalue weighted by molar-refractivity contribution is 5.99. The molecule has 0 radical (unpaired) electrons. The van der Waals surface area contributed by atoms with E-state index in [1.807, 2.05) is 32.0 Å². The molecule has 0 saturated heterocycles. The molecule has 0 saturated carbocycles. The van der Waals surface area contributed by atoms with Crippen LogP contribution in [0.4, 0.5) is 0 Å². The van der Waals surface area contributed by atoms with Crippen molar-refractivity contribution in [3.8, 4) is 11.5 Å². The Morgan fingerprint density at radius 1 is 0.973 bits per heavy atom. The molecular formula is C30H37NO6. The number of hydrogen-bond acceptors (Lipinski definition) is 6. The van der Waals surface area contributed by atoms with Crippen molar-refractivity contribution in [1.82, 2.24) is 4.90 Å². The van der Waals surface area contributed by atoms with E-state index in [1.165, 1.54) is 12.8 Å². The Morgan fingerprint density at radius 2 is 1.78 bits per heavy atom. The van der Waals surface area contributed by atoms with Gasteiger partial charge < -0.3 is 23.5 Å². The second-order valence-corrected chi connectivity index (χ2v) is 9.66. The predicted molar refractivity (Wildman–Crippen MR) is 144 cm³/mol. The SMILES string of the molecule is CCCCCCOc1ccc(C2c3c(oc4ccccc4c3=O)C(=O)N2CCCOC(C)C)cc1OC. The maximum absolute atomic E-state index is 13.6. The Labute approximate surface area is 218 Å². The molecule has 0 aliphatic carbocycles. The van der Waals surface area contributed by atoms with E-state index < -0.39 is 6.04 Å². The van der Waals surface area contributed by atoms with E-state index in [1.54, 1.807) is 36.3 Å². The van der Waals surface area contributed by atoms with E-state index in [4.69, 9.17) is 18.6 Å². The van der Waals surface area contributed by atoms with E-state index in [-0.39, 0.29) is 23.2 Å². The number of unbranched alkanes of at least 4 members (excludes halogenated alkanes) is 3. The summed E-state index contributed by atoms with van der Waals surface area (Å²) in [6.45, 7) is 7.69. The average Bonchev–Trinajstić information content (AvgIpc) is 3.18. The fourth-order valence-electron chi connectivity index (χ4n) is 4.78. The molecule has 1 atom stereocenters. The molecule has 0 N–H and O–H groups in total. The van der Waals surface area contributed by atoms with Gasteiger partial charge in [-0.05, 0) is 56.5 Å². The standard InChI is InChI=1S/C30H37NO6/c1-5-6-7-10-17-36-24-15-14-21(19-25(24)34-4)27-26-28(32)22-12-8-9-13-23(22)37-29(26)30(33)31(27)16-11-18-35-20(2)3/h8-9,12-15,19-20,27H,5-7,10-11,16-18H2,1-4H3. The minimum absolute atomic E-state index is 0.105. The lowest BCUT2D eigenvalue weighted by molar-refractivity contribution is 0.0593. The van der Waals surface area contributed by atoms with Gasteiger partial charge in [-0.1, -0.05) is 44.4 Å². The fraction of sp³-hybridized carbons (Fsp3) is 0.467. The van der Waals surface area contributed by atoms with Crippen molar-refractivity contribution < 1.29 is 23.4 Å². The minimum Gasteiger partial charge on any atom is -0.493 e. The maximum atomic E-state index is 13.6. The van der Waals surface area contributed by atoms with E-state index in [2.05, 4.69) is 6.92 Å². The summed E-state index contributed by atoms with van der Waals surface area (Å²) < 4.78 is 23.3. The lowest BCUT2D eigenvalue weighted by Crippen LogP contribution is -2.31. The molecular weight excluding hydrogens is 470 g/mol. The molecule has 1 aliphatic rings. The van der Waals surface area contributed by atoms with Crippen LogP contribution in [0.25, 0.3) is 11.0 Å².